The Labute approximate surface area is 91.5 Å². The zero-order valence-electron chi connectivity index (χ0n) is 9.32. The van der Waals surface area contributed by atoms with E-state index >= 15 is 0 Å². The van der Waals surface area contributed by atoms with Gasteiger partial charge in [0.05, 0.1) is 0 Å². The molecule has 15 heavy (non-hydrogen) atoms. The van der Waals surface area contributed by atoms with Crippen LogP contribution in [0.3, 0.4) is 0 Å². The van der Waals surface area contributed by atoms with Gasteiger partial charge in [0.15, 0.2) is 0 Å². The van der Waals surface area contributed by atoms with Gasteiger partial charge in [-0.2, -0.15) is 0 Å². The Morgan fingerprint density at radius 3 is 2.73 bits per heavy atom. The molecule has 1 amide bonds. The molecule has 2 fully saturated rings. The highest BCUT2D eigenvalue weighted by Crippen LogP contribution is 2.32. The van der Waals surface area contributed by atoms with Crippen LogP contribution in [0.2, 0.25) is 0 Å². The van der Waals surface area contributed by atoms with E-state index in [9.17, 15) is 9.90 Å². The lowest BCUT2D eigenvalue weighted by Gasteiger charge is -2.31. The number of aliphatic hydroxyl groups is 1. The van der Waals surface area contributed by atoms with Crippen molar-refractivity contribution in [1.29, 1.82) is 0 Å². The van der Waals surface area contributed by atoms with Gasteiger partial charge >= 0.3 is 0 Å². The zero-order chi connectivity index (χ0) is 10.7. The molecule has 1 N–H and O–H groups in total. The molecule has 0 bridgehead atoms. The summed E-state index contributed by atoms with van der Waals surface area (Å²) in [6, 6.07) is 0. The van der Waals surface area contributed by atoms with Gasteiger partial charge in [0.25, 0.3) is 0 Å². The third kappa shape index (κ3) is 2.51. The Morgan fingerprint density at radius 2 is 2.00 bits per heavy atom. The summed E-state index contributed by atoms with van der Waals surface area (Å²) in [7, 11) is 0. The fraction of sp³-hybridized carbons (Fsp3) is 0.917. The first-order valence-corrected chi connectivity index (χ1v) is 6.20. The van der Waals surface area contributed by atoms with Crippen LogP contribution >= 0.6 is 0 Å². The van der Waals surface area contributed by atoms with E-state index in [1.807, 2.05) is 4.90 Å². The molecule has 2 atom stereocenters. The van der Waals surface area contributed by atoms with Crippen molar-refractivity contribution in [3.05, 3.63) is 0 Å². The van der Waals surface area contributed by atoms with Crippen LogP contribution in [0.1, 0.15) is 38.5 Å². The molecule has 1 heterocycles. The topological polar surface area (TPSA) is 40.5 Å². The number of amides is 1. The second-order valence-corrected chi connectivity index (χ2v) is 4.93. The number of rotatable bonds is 3. The van der Waals surface area contributed by atoms with Crippen LogP contribution in [0.15, 0.2) is 0 Å². The van der Waals surface area contributed by atoms with Gasteiger partial charge in [0, 0.05) is 26.1 Å². The molecule has 2 rings (SSSR count). The van der Waals surface area contributed by atoms with Crippen molar-refractivity contribution in [2.45, 2.75) is 38.5 Å². The Balaban J connectivity index is 1.86. The lowest BCUT2D eigenvalue weighted by molar-refractivity contribution is -0.134. The van der Waals surface area contributed by atoms with Crippen molar-refractivity contribution >= 4 is 5.91 Å². The molecule has 0 aromatic carbocycles. The molecule has 0 spiro atoms. The summed E-state index contributed by atoms with van der Waals surface area (Å²) in [5.41, 5.74) is 0. The number of likely N-dealkylation sites (tertiary alicyclic amines) is 1. The standard InChI is InChI=1S/C12H21NO2/c14-9-11-5-3-4-10(11)8-13-7-2-1-6-12(13)15/h10-11,14H,1-9H2. The lowest BCUT2D eigenvalue weighted by atomic mass is 9.95. The molecule has 1 saturated carbocycles. The first kappa shape index (κ1) is 10.9. The van der Waals surface area contributed by atoms with Crippen LogP contribution in [0.4, 0.5) is 0 Å². The Kier molecular flexibility index (Phi) is 3.62. The fourth-order valence-electron chi connectivity index (χ4n) is 2.93. The third-order valence-corrected chi connectivity index (χ3v) is 3.93. The third-order valence-electron chi connectivity index (χ3n) is 3.93. The molecule has 86 valence electrons. The average molecular weight is 211 g/mol. The van der Waals surface area contributed by atoms with E-state index in [-0.39, 0.29) is 0 Å². The van der Waals surface area contributed by atoms with Gasteiger partial charge in [-0.25, -0.2) is 0 Å². The van der Waals surface area contributed by atoms with Crippen molar-refractivity contribution in [2.75, 3.05) is 19.7 Å². The number of nitrogens with zero attached hydrogens (tertiary/aromatic N) is 1. The van der Waals surface area contributed by atoms with Crippen LogP contribution in [0.5, 0.6) is 0 Å². The van der Waals surface area contributed by atoms with Gasteiger partial charge in [0.2, 0.25) is 5.91 Å². The van der Waals surface area contributed by atoms with E-state index in [0.29, 0.717) is 24.3 Å². The Hall–Kier alpha value is -0.570. The number of hydrogen-bond acceptors (Lipinski definition) is 2. The van der Waals surface area contributed by atoms with Gasteiger partial charge in [0.1, 0.15) is 0 Å². The summed E-state index contributed by atoms with van der Waals surface area (Å²) < 4.78 is 0. The minimum absolute atomic E-state index is 0.298. The monoisotopic (exact) mass is 211 g/mol. The molecule has 2 unspecified atom stereocenters. The van der Waals surface area contributed by atoms with E-state index < -0.39 is 0 Å². The maximum atomic E-state index is 11.6. The summed E-state index contributed by atoms with van der Waals surface area (Å²) >= 11 is 0. The molecule has 3 nitrogen and oxygen atoms in total. The van der Waals surface area contributed by atoms with Crippen LogP contribution < -0.4 is 0 Å². The highest BCUT2D eigenvalue weighted by Gasteiger charge is 2.30. The Bertz CT molecular complexity index is 230. The summed E-state index contributed by atoms with van der Waals surface area (Å²) in [6.07, 6.45) is 6.50. The number of aliphatic hydroxyl groups excluding tert-OH is 1. The summed E-state index contributed by atoms with van der Waals surface area (Å²) in [6.45, 7) is 2.13. The van der Waals surface area contributed by atoms with Gasteiger partial charge in [-0.15, -0.1) is 0 Å². The van der Waals surface area contributed by atoms with Crippen LogP contribution in [0, 0.1) is 11.8 Å². The average Bonchev–Trinajstić information content (AvgIpc) is 2.69. The predicted molar refractivity (Wildman–Crippen MR) is 58.3 cm³/mol. The van der Waals surface area contributed by atoms with Gasteiger partial charge in [-0.05, 0) is 37.5 Å². The SMILES string of the molecule is O=C1CCCCN1CC1CCCC1CO. The second kappa shape index (κ2) is 4.97. The summed E-state index contributed by atoms with van der Waals surface area (Å²) in [5.74, 6) is 1.32. The highest BCUT2D eigenvalue weighted by atomic mass is 16.3. The van der Waals surface area contributed by atoms with Crippen LogP contribution in [0.25, 0.3) is 0 Å². The molecule has 1 aliphatic heterocycles. The zero-order valence-corrected chi connectivity index (χ0v) is 9.32. The molecule has 0 radical (unpaired) electrons. The summed E-state index contributed by atoms with van der Waals surface area (Å²) in [4.78, 5) is 13.7. The van der Waals surface area contributed by atoms with Crippen LogP contribution in [-0.2, 0) is 4.79 Å². The largest absolute Gasteiger partial charge is 0.396 e. The van der Waals surface area contributed by atoms with E-state index in [1.54, 1.807) is 0 Å². The Morgan fingerprint density at radius 1 is 1.20 bits per heavy atom. The molecular formula is C12H21NO2. The molecule has 0 aromatic heterocycles. The molecule has 1 saturated heterocycles. The molecule has 1 aliphatic carbocycles. The summed E-state index contributed by atoms with van der Waals surface area (Å²) in [5, 5.41) is 9.23. The van der Waals surface area contributed by atoms with Crippen LogP contribution in [-0.4, -0.2) is 35.6 Å². The van der Waals surface area contributed by atoms with Gasteiger partial charge < -0.3 is 10.0 Å². The first-order chi connectivity index (χ1) is 7.31. The molecule has 3 heteroatoms. The van der Waals surface area contributed by atoms with Gasteiger partial charge in [-0.3, -0.25) is 4.79 Å². The van der Waals surface area contributed by atoms with Crippen molar-refractivity contribution in [3.8, 4) is 0 Å². The van der Waals surface area contributed by atoms with Crippen molar-refractivity contribution in [3.63, 3.8) is 0 Å². The molecule has 0 aromatic rings. The van der Waals surface area contributed by atoms with Gasteiger partial charge in [-0.1, -0.05) is 6.42 Å². The van der Waals surface area contributed by atoms with E-state index in [0.717, 1.165) is 38.8 Å². The van der Waals surface area contributed by atoms with E-state index in [1.165, 1.54) is 12.8 Å². The van der Waals surface area contributed by atoms with Crippen molar-refractivity contribution in [1.82, 2.24) is 4.90 Å². The minimum atomic E-state index is 0.298. The number of carbonyl (C=O) groups is 1. The maximum Gasteiger partial charge on any atom is 0.222 e. The molecular weight excluding hydrogens is 190 g/mol. The predicted octanol–water partition coefficient (Wildman–Crippen LogP) is 1.41. The second-order valence-electron chi connectivity index (χ2n) is 4.93. The number of carbonyl (C=O) groups excluding carboxylic acids is 1. The number of hydrogen-bond donors (Lipinski definition) is 1. The number of piperidine rings is 1. The highest BCUT2D eigenvalue weighted by molar-refractivity contribution is 5.76. The fourth-order valence-corrected chi connectivity index (χ4v) is 2.93. The van der Waals surface area contributed by atoms with Crippen molar-refractivity contribution < 1.29 is 9.90 Å². The smallest absolute Gasteiger partial charge is 0.222 e. The first-order valence-electron chi connectivity index (χ1n) is 6.20. The normalized spacial score (nSPS) is 32.3. The van der Waals surface area contributed by atoms with E-state index in [4.69, 9.17) is 0 Å². The maximum absolute atomic E-state index is 11.6. The van der Waals surface area contributed by atoms with Crippen molar-refractivity contribution in [2.24, 2.45) is 11.8 Å². The molecule has 2 aliphatic rings. The minimum Gasteiger partial charge on any atom is -0.396 e. The van der Waals surface area contributed by atoms with E-state index in [2.05, 4.69) is 0 Å². The quantitative estimate of drug-likeness (QED) is 0.766. The lowest BCUT2D eigenvalue weighted by Crippen LogP contribution is -2.39.